The van der Waals surface area contributed by atoms with Crippen LogP contribution in [0.4, 0.5) is 0 Å². The zero-order chi connectivity index (χ0) is 19.8. The van der Waals surface area contributed by atoms with E-state index in [1.54, 1.807) is 12.1 Å². The van der Waals surface area contributed by atoms with Crippen LogP contribution in [0.5, 0.6) is 11.5 Å². The maximum Gasteiger partial charge on any atom is 0.269 e. The molecule has 0 spiro atoms. The number of carbonyl (C=O) groups excluding carboxylic acids is 2. The maximum atomic E-state index is 12.8. The predicted octanol–water partition coefficient (Wildman–Crippen LogP) is 1.10. The van der Waals surface area contributed by atoms with Gasteiger partial charge in [0.1, 0.15) is 17.2 Å². The minimum atomic E-state index is -4.17. The van der Waals surface area contributed by atoms with Gasteiger partial charge in [0.15, 0.2) is 11.5 Å². The van der Waals surface area contributed by atoms with E-state index in [-0.39, 0.29) is 28.5 Å². The zero-order valence-corrected chi connectivity index (χ0v) is 15.8. The van der Waals surface area contributed by atoms with Gasteiger partial charge < -0.3 is 18.8 Å². The molecule has 1 aliphatic heterocycles. The normalized spacial score (nSPS) is 14.8. The number of ether oxygens (including phenoxy) is 2. The lowest BCUT2D eigenvalue weighted by atomic mass is 10.2. The fourth-order valence-electron chi connectivity index (χ4n) is 2.73. The lowest BCUT2D eigenvalue weighted by molar-refractivity contribution is -0.130. The first-order valence-corrected chi connectivity index (χ1v) is 9.33. The van der Waals surface area contributed by atoms with E-state index < -0.39 is 28.4 Å². The first-order chi connectivity index (χ1) is 12.8. The number of rotatable bonds is 6. The second-order valence-electron chi connectivity index (χ2n) is 5.85. The Morgan fingerprint density at radius 3 is 2.48 bits per heavy atom. The molecule has 144 valence electrons. The molecule has 0 fully saturated rings. The number of likely N-dealkylation sites (N-methyl/N-ethyl adjacent to an activating group) is 1. The van der Waals surface area contributed by atoms with Crippen LogP contribution in [0.25, 0.3) is 0 Å². The quantitative estimate of drug-likeness (QED) is 0.722. The Bertz CT molecular complexity index is 983. The van der Waals surface area contributed by atoms with Crippen molar-refractivity contribution in [3.8, 4) is 11.5 Å². The van der Waals surface area contributed by atoms with Crippen molar-refractivity contribution in [2.75, 3.05) is 27.8 Å². The molecule has 0 bridgehead atoms. The topological polar surface area (TPSA) is 106 Å². The van der Waals surface area contributed by atoms with Crippen LogP contribution in [0.3, 0.4) is 0 Å². The standard InChI is InChI=1S/C17H18N2O7S/c1-18(9-11-5-4-6-26-11)16(20)10-19-17(21)12-7-13(24-2)14(25-3)8-15(12)27(19,22)23/h4-8H,9-10H2,1-3H3. The molecule has 3 rings (SSSR count). The number of benzene rings is 1. The summed E-state index contributed by atoms with van der Waals surface area (Å²) in [7, 11) is 0.0685. The van der Waals surface area contributed by atoms with Crippen LogP contribution in [0, 0.1) is 0 Å². The molecule has 0 radical (unpaired) electrons. The van der Waals surface area contributed by atoms with Crippen LogP contribution in [-0.2, 0) is 21.4 Å². The van der Waals surface area contributed by atoms with Gasteiger partial charge in [0, 0.05) is 13.1 Å². The largest absolute Gasteiger partial charge is 0.493 e. The fraction of sp³-hybridized carbons (Fsp3) is 0.294. The highest BCUT2D eigenvalue weighted by molar-refractivity contribution is 7.90. The van der Waals surface area contributed by atoms with Crippen molar-refractivity contribution in [2.24, 2.45) is 0 Å². The Labute approximate surface area is 156 Å². The number of furan rings is 1. The van der Waals surface area contributed by atoms with Gasteiger partial charge in [-0.15, -0.1) is 0 Å². The number of fused-ring (bicyclic) bond motifs is 1. The number of amides is 2. The zero-order valence-electron chi connectivity index (χ0n) is 15.0. The summed E-state index contributed by atoms with van der Waals surface area (Å²) in [5.74, 6) is -0.390. The number of nitrogens with zero attached hydrogens (tertiary/aromatic N) is 2. The van der Waals surface area contributed by atoms with E-state index in [9.17, 15) is 18.0 Å². The molecule has 1 aliphatic rings. The number of sulfonamides is 1. The van der Waals surface area contributed by atoms with E-state index in [0.717, 1.165) is 0 Å². The Morgan fingerprint density at radius 1 is 1.22 bits per heavy atom. The molecule has 2 heterocycles. The van der Waals surface area contributed by atoms with Gasteiger partial charge >= 0.3 is 0 Å². The van der Waals surface area contributed by atoms with Gasteiger partial charge in [-0.3, -0.25) is 9.59 Å². The molecule has 0 saturated carbocycles. The predicted molar refractivity (Wildman–Crippen MR) is 93.0 cm³/mol. The first-order valence-electron chi connectivity index (χ1n) is 7.89. The summed E-state index contributed by atoms with van der Waals surface area (Å²) in [6.45, 7) is -0.458. The van der Waals surface area contributed by atoms with Crippen LogP contribution in [0.1, 0.15) is 16.1 Å². The Kier molecular flexibility index (Phi) is 4.83. The molecule has 27 heavy (non-hydrogen) atoms. The third kappa shape index (κ3) is 3.23. The van der Waals surface area contributed by atoms with Crippen molar-refractivity contribution in [3.63, 3.8) is 0 Å². The van der Waals surface area contributed by atoms with Crippen molar-refractivity contribution in [2.45, 2.75) is 11.4 Å². The number of hydrogen-bond donors (Lipinski definition) is 0. The summed E-state index contributed by atoms with van der Waals surface area (Å²) < 4.78 is 41.4. The molecule has 0 aliphatic carbocycles. The molecule has 1 aromatic carbocycles. The smallest absolute Gasteiger partial charge is 0.269 e. The minimum absolute atomic E-state index is 0.0610. The van der Waals surface area contributed by atoms with Crippen LogP contribution >= 0.6 is 0 Å². The van der Waals surface area contributed by atoms with Crippen molar-refractivity contribution in [1.82, 2.24) is 9.21 Å². The van der Waals surface area contributed by atoms with Gasteiger partial charge in [-0.1, -0.05) is 0 Å². The average molecular weight is 394 g/mol. The molecular weight excluding hydrogens is 376 g/mol. The summed E-state index contributed by atoms with van der Waals surface area (Å²) in [5.41, 5.74) is -0.0610. The van der Waals surface area contributed by atoms with Crippen molar-refractivity contribution in [3.05, 3.63) is 41.9 Å². The second-order valence-corrected chi connectivity index (χ2v) is 7.68. The van der Waals surface area contributed by atoms with Crippen LogP contribution in [0.2, 0.25) is 0 Å². The highest BCUT2D eigenvalue weighted by Crippen LogP contribution is 2.38. The van der Waals surface area contributed by atoms with E-state index in [4.69, 9.17) is 13.9 Å². The van der Waals surface area contributed by atoms with Crippen molar-refractivity contribution < 1.29 is 31.9 Å². The van der Waals surface area contributed by atoms with Crippen LogP contribution in [0.15, 0.2) is 39.8 Å². The molecule has 0 unspecified atom stereocenters. The minimum Gasteiger partial charge on any atom is -0.493 e. The highest BCUT2D eigenvalue weighted by Gasteiger charge is 2.43. The van der Waals surface area contributed by atoms with E-state index in [1.165, 1.54) is 44.6 Å². The molecule has 0 N–H and O–H groups in total. The van der Waals surface area contributed by atoms with Gasteiger partial charge in [-0.25, -0.2) is 12.7 Å². The van der Waals surface area contributed by atoms with Gasteiger partial charge in [0.25, 0.3) is 15.9 Å². The SMILES string of the molecule is COc1cc2c(cc1OC)S(=O)(=O)N(CC(=O)N(C)Cc1ccco1)C2=O. The van der Waals surface area contributed by atoms with Crippen LogP contribution < -0.4 is 9.47 Å². The van der Waals surface area contributed by atoms with Crippen molar-refractivity contribution >= 4 is 21.8 Å². The van der Waals surface area contributed by atoms with Crippen molar-refractivity contribution in [1.29, 1.82) is 0 Å². The molecule has 2 aromatic rings. The van der Waals surface area contributed by atoms with Gasteiger partial charge in [0.05, 0.1) is 32.6 Å². The summed E-state index contributed by atoms with van der Waals surface area (Å²) in [5, 5.41) is 0. The Morgan fingerprint density at radius 2 is 1.89 bits per heavy atom. The second kappa shape index (κ2) is 6.95. The van der Waals surface area contributed by atoms with E-state index in [0.29, 0.717) is 10.1 Å². The lowest BCUT2D eigenvalue weighted by Gasteiger charge is -2.20. The van der Waals surface area contributed by atoms with E-state index >= 15 is 0 Å². The van der Waals surface area contributed by atoms with Gasteiger partial charge in [-0.2, -0.15) is 0 Å². The molecule has 0 atom stereocenters. The third-order valence-electron chi connectivity index (χ3n) is 4.19. The summed E-state index contributed by atoms with van der Waals surface area (Å²) in [4.78, 5) is 26.1. The number of carbonyl (C=O) groups is 2. The monoisotopic (exact) mass is 394 g/mol. The fourth-order valence-corrected chi connectivity index (χ4v) is 4.24. The average Bonchev–Trinajstić information content (AvgIpc) is 3.21. The first kappa shape index (κ1) is 18.8. The van der Waals surface area contributed by atoms with Gasteiger partial charge in [-0.05, 0) is 18.2 Å². The molecule has 0 saturated heterocycles. The molecule has 2 amide bonds. The van der Waals surface area contributed by atoms with Crippen LogP contribution in [-0.4, -0.2) is 57.2 Å². The summed E-state index contributed by atoms with van der Waals surface area (Å²) in [6, 6.07) is 5.89. The summed E-state index contributed by atoms with van der Waals surface area (Å²) in [6.07, 6.45) is 1.47. The third-order valence-corrected chi connectivity index (χ3v) is 5.96. The molecule has 10 heteroatoms. The summed E-state index contributed by atoms with van der Waals surface area (Å²) >= 11 is 0. The maximum absolute atomic E-state index is 12.8. The van der Waals surface area contributed by atoms with E-state index in [2.05, 4.69) is 0 Å². The molecular formula is C17H18N2O7S. The number of methoxy groups -OCH3 is 2. The molecule has 9 nitrogen and oxygen atoms in total. The molecule has 1 aromatic heterocycles. The Balaban J connectivity index is 1.86. The van der Waals surface area contributed by atoms with E-state index in [1.807, 2.05) is 0 Å². The Hall–Kier alpha value is -3.01. The highest BCUT2D eigenvalue weighted by atomic mass is 32.2. The number of hydrogen-bond acceptors (Lipinski definition) is 7. The van der Waals surface area contributed by atoms with Gasteiger partial charge in [0.2, 0.25) is 5.91 Å². The lowest BCUT2D eigenvalue weighted by Crippen LogP contribution is -2.40.